The molecular weight excluding hydrogens is 648 g/mol. The summed E-state index contributed by atoms with van der Waals surface area (Å²) in [5, 5.41) is 48.7. The number of primary amides is 1. The van der Waals surface area contributed by atoms with Crippen molar-refractivity contribution in [3.8, 4) is 5.75 Å². The highest BCUT2D eigenvalue weighted by atomic mass is 79.9. The van der Waals surface area contributed by atoms with Crippen molar-refractivity contribution in [2.24, 2.45) is 23.5 Å². The van der Waals surface area contributed by atoms with Crippen LogP contribution in [0.3, 0.4) is 0 Å². The first-order valence-corrected chi connectivity index (χ1v) is 15.0. The lowest BCUT2D eigenvalue weighted by atomic mass is 9.57. The van der Waals surface area contributed by atoms with E-state index in [1.807, 2.05) is 0 Å². The SMILES string of the molecule is CN(C)c1c(Cl)c(NC(=O)C(C)(Br)C2CC2)c(O)c2c1CC1CC3[C@H](N(C)C)C(=O)C(C(N)=O)=C(O)[C@@]3(O)C(=O)C1=C2O. The number of rotatable bonds is 6. The van der Waals surface area contributed by atoms with Crippen LogP contribution in [0.1, 0.15) is 37.3 Å². The van der Waals surface area contributed by atoms with E-state index in [1.165, 1.54) is 19.0 Å². The number of aromatic hydroxyl groups is 1. The number of carbonyl (C=O) groups excluding carboxylic acids is 4. The molecule has 3 unspecified atom stereocenters. The largest absolute Gasteiger partial charge is 0.508 e. The molecule has 0 aliphatic heterocycles. The fraction of sp³-hybridized carbons (Fsp3) is 0.517. The van der Waals surface area contributed by atoms with Gasteiger partial charge in [0.05, 0.1) is 22.3 Å². The average Bonchev–Trinajstić information content (AvgIpc) is 3.74. The molecule has 7 N–H and O–H groups in total. The number of phenolic OH excluding ortho intramolecular Hbond substituents is 1. The Morgan fingerprint density at radius 2 is 1.74 bits per heavy atom. The number of nitrogens with zero attached hydrogens (tertiary/aromatic N) is 2. The third-order valence-corrected chi connectivity index (χ3v) is 10.7. The highest BCUT2D eigenvalue weighted by Gasteiger charge is 2.64. The molecule has 2 amide bonds. The normalized spacial score (nSPS) is 28.3. The van der Waals surface area contributed by atoms with Crippen LogP contribution in [0.5, 0.6) is 5.75 Å². The number of halogens is 2. The van der Waals surface area contributed by atoms with Gasteiger partial charge in [0.15, 0.2) is 17.1 Å². The summed E-state index contributed by atoms with van der Waals surface area (Å²) in [6.45, 7) is 1.72. The van der Waals surface area contributed by atoms with E-state index in [1.54, 1.807) is 25.9 Å². The molecule has 2 fully saturated rings. The number of nitrogens with one attached hydrogen (secondary N) is 1. The van der Waals surface area contributed by atoms with Gasteiger partial charge in [-0.15, -0.1) is 0 Å². The molecule has 0 aromatic heterocycles. The quantitative estimate of drug-likeness (QED) is 0.147. The third-order valence-electron chi connectivity index (χ3n) is 9.28. The van der Waals surface area contributed by atoms with Crippen LogP contribution in [0, 0.1) is 17.8 Å². The van der Waals surface area contributed by atoms with Crippen molar-refractivity contribution < 1.29 is 39.6 Å². The molecule has 14 heteroatoms. The topological polar surface area (TPSA) is 194 Å². The van der Waals surface area contributed by atoms with E-state index in [-0.39, 0.29) is 40.6 Å². The first-order valence-electron chi connectivity index (χ1n) is 13.8. The second-order valence-corrected chi connectivity index (χ2v) is 14.4. The molecule has 0 bridgehead atoms. The number of nitrogens with two attached hydrogens (primary N) is 1. The number of hydrogen-bond acceptors (Lipinski definition) is 10. The number of amides is 2. The Morgan fingerprint density at radius 1 is 1.14 bits per heavy atom. The van der Waals surface area contributed by atoms with Crippen molar-refractivity contribution in [2.45, 2.75) is 48.6 Å². The van der Waals surface area contributed by atoms with Gasteiger partial charge in [0.25, 0.3) is 5.91 Å². The van der Waals surface area contributed by atoms with E-state index in [4.69, 9.17) is 17.3 Å². The molecule has 43 heavy (non-hydrogen) atoms. The number of hydrogen-bond donors (Lipinski definition) is 6. The second kappa shape index (κ2) is 10.2. The van der Waals surface area contributed by atoms with Crippen LogP contribution in [0.2, 0.25) is 5.02 Å². The molecule has 0 spiro atoms. The van der Waals surface area contributed by atoms with Gasteiger partial charge in [-0.25, -0.2) is 0 Å². The molecule has 1 aromatic carbocycles. The van der Waals surface area contributed by atoms with Crippen molar-refractivity contribution in [3.63, 3.8) is 0 Å². The Balaban J connectivity index is 1.72. The van der Waals surface area contributed by atoms with Crippen LogP contribution in [-0.2, 0) is 25.6 Å². The first-order chi connectivity index (χ1) is 19.9. The lowest BCUT2D eigenvalue weighted by Crippen LogP contribution is -2.65. The molecule has 5 rings (SSSR count). The maximum Gasteiger partial charge on any atom is 0.255 e. The summed E-state index contributed by atoms with van der Waals surface area (Å²) in [6.07, 6.45) is 1.70. The molecule has 0 radical (unpaired) electrons. The zero-order valence-corrected chi connectivity index (χ0v) is 26.6. The van der Waals surface area contributed by atoms with Crippen molar-refractivity contribution in [3.05, 3.63) is 33.1 Å². The standard InChI is InChI=1S/C29H34BrClN4O8/c1-28(30,11-6-7-11)27(42)33-18-17(31)19(34(2)3)12-8-10-9-13-20(35(4)5)23(38)16(26(32)41)25(40)29(13,43)24(39)14(10)21(36)15(12)22(18)37/h10-11,13,20,36-37,40,43H,6-9H2,1-5H3,(H2,32,41)(H,33,42)/t10?,13?,20-,28?,29-/m0/s1. The number of carbonyl (C=O) groups is 4. The van der Waals surface area contributed by atoms with Gasteiger partial charge >= 0.3 is 0 Å². The Bertz CT molecular complexity index is 1560. The zero-order chi connectivity index (χ0) is 32.1. The first kappa shape index (κ1) is 31.3. The second-order valence-electron chi connectivity index (χ2n) is 12.4. The minimum absolute atomic E-state index is 0.0225. The number of fused-ring (bicyclic) bond motifs is 3. The molecule has 4 aliphatic rings. The molecule has 1 aromatic rings. The number of phenols is 1. The maximum atomic E-state index is 14.1. The predicted octanol–water partition coefficient (Wildman–Crippen LogP) is 2.19. The van der Waals surface area contributed by atoms with Gasteiger partial charge < -0.3 is 36.4 Å². The maximum absolute atomic E-state index is 14.1. The van der Waals surface area contributed by atoms with Crippen LogP contribution in [0.15, 0.2) is 16.9 Å². The number of ketones is 2. The molecule has 4 aliphatic carbocycles. The van der Waals surface area contributed by atoms with Crippen LogP contribution in [-0.4, -0.2) is 92.9 Å². The fourth-order valence-corrected chi connectivity index (χ4v) is 7.93. The monoisotopic (exact) mass is 680 g/mol. The van der Waals surface area contributed by atoms with E-state index in [0.29, 0.717) is 11.3 Å². The molecular formula is C29H34BrClN4O8. The van der Waals surface area contributed by atoms with Gasteiger partial charge in [-0.1, -0.05) is 27.5 Å². The fourth-order valence-electron chi connectivity index (χ4n) is 6.95. The third kappa shape index (κ3) is 4.38. The summed E-state index contributed by atoms with van der Waals surface area (Å²) in [4.78, 5) is 56.0. The molecule has 12 nitrogen and oxygen atoms in total. The van der Waals surface area contributed by atoms with E-state index < -0.39 is 74.0 Å². The van der Waals surface area contributed by atoms with E-state index >= 15 is 0 Å². The van der Waals surface area contributed by atoms with Crippen LogP contribution >= 0.6 is 27.5 Å². The molecule has 0 heterocycles. The Hall–Kier alpha value is -3.13. The van der Waals surface area contributed by atoms with Crippen LogP contribution in [0.25, 0.3) is 5.76 Å². The van der Waals surface area contributed by atoms with E-state index in [9.17, 15) is 39.6 Å². The van der Waals surface area contributed by atoms with Crippen molar-refractivity contribution in [1.29, 1.82) is 0 Å². The van der Waals surface area contributed by atoms with Gasteiger partial charge in [0, 0.05) is 25.6 Å². The number of aliphatic hydroxyl groups is 3. The highest BCUT2D eigenvalue weighted by molar-refractivity contribution is 9.10. The lowest BCUT2D eigenvalue weighted by Gasteiger charge is -2.50. The predicted molar refractivity (Wildman–Crippen MR) is 162 cm³/mol. The van der Waals surface area contributed by atoms with Gasteiger partial charge in [-0.3, -0.25) is 24.1 Å². The summed E-state index contributed by atoms with van der Waals surface area (Å²) < 4.78 is -0.941. The molecule has 0 saturated heterocycles. The Labute approximate surface area is 261 Å². The average molecular weight is 682 g/mol. The highest BCUT2D eigenvalue weighted by Crippen LogP contribution is 2.57. The summed E-state index contributed by atoms with van der Waals surface area (Å²) in [5.74, 6) is -8.01. The van der Waals surface area contributed by atoms with Gasteiger partial charge in [-0.05, 0) is 64.1 Å². The number of aliphatic hydroxyl groups excluding tert-OH is 2. The number of anilines is 2. The molecule has 232 valence electrons. The van der Waals surface area contributed by atoms with Gasteiger partial charge in [-0.2, -0.15) is 0 Å². The molecule has 2 saturated carbocycles. The van der Waals surface area contributed by atoms with Crippen LogP contribution in [0.4, 0.5) is 11.4 Å². The van der Waals surface area contributed by atoms with Crippen molar-refractivity contribution >= 4 is 68.0 Å². The minimum atomic E-state index is -2.75. The number of Topliss-reactive ketones (excluding diaryl/α,β-unsaturated/α-hetero) is 2. The van der Waals surface area contributed by atoms with Gasteiger partial charge in [0.2, 0.25) is 11.7 Å². The van der Waals surface area contributed by atoms with E-state index in [2.05, 4.69) is 21.2 Å². The summed E-state index contributed by atoms with van der Waals surface area (Å²) >= 11 is 10.3. The smallest absolute Gasteiger partial charge is 0.255 e. The minimum Gasteiger partial charge on any atom is -0.508 e. The summed E-state index contributed by atoms with van der Waals surface area (Å²) in [7, 11) is 6.46. The Kier molecular flexibility index (Phi) is 7.44. The number of alkyl halides is 1. The molecule has 5 atom stereocenters. The van der Waals surface area contributed by atoms with Crippen LogP contribution < -0.4 is 16.0 Å². The Morgan fingerprint density at radius 3 is 2.26 bits per heavy atom. The summed E-state index contributed by atoms with van der Waals surface area (Å²) in [6, 6.07) is -1.19. The summed E-state index contributed by atoms with van der Waals surface area (Å²) in [5.41, 5.74) is 1.89. The zero-order valence-electron chi connectivity index (χ0n) is 24.3. The van der Waals surface area contributed by atoms with E-state index in [0.717, 1.165) is 12.8 Å². The van der Waals surface area contributed by atoms with Crippen molar-refractivity contribution in [1.82, 2.24) is 4.90 Å². The van der Waals surface area contributed by atoms with Gasteiger partial charge in [0.1, 0.15) is 27.1 Å². The number of likely N-dealkylation sites (N-methyl/N-ethyl adjacent to an activating group) is 1. The van der Waals surface area contributed by atoms with Crippen molar-refractivity contribution in [2.75, 3.05) is 38.4 Å². The lowest BCUT2D eigenvalue weighted by molar-refractivity contribution is -0.153. The number of benzene rings is 1.